The highest BCUT2D eigenvalue weighted by Gasteiger charge is 2.22. The number of ether oxygens (including phenoxy) is 4. The van der Waals surface area contributed by atoms with Crippen LogP contribution in [0.15, 0.2) is 36.4 Å². The zero-order chi connectivity index (χ0) is 39.0. The monoisotopic (exact) mass is 779 g/mol. The Morgan fingerprint density at radius 3 is 1.05 bits per heavy atom. The Hall–Kier alpha value is -2.68. The number of hydrogen-bond acceptors (Lipinski definition) is 12. The molecule has 56 heavy (non-hydrogen) atoms. The molecule has 0 spiro atoms. The highest BCUT2D eigenvalue weighted by Crippen LogP contribution is 2.32. The minimum absolute atomic E-state index is 0.495. The highest BCUT2D eigenvalue weighted by molar-refractivity contribution is 5.44. The molecular formula is C44H74N8O4. The average Bonchev–Trinajstić information content (AvgIpc) is 3.21. The van der Waals surface area contributed by atoms with E-state index in [2.05, 4.69) is 105 Å². The number of benzene rings is 2. The van der Waals surface area contributed by atoms with E-state index in [-0.39, 0.29) is 0 Å². The van der Waals surface area contributed by atoms with Gasteiger partial charge in [-0.1, -0.05) is 12.1 Å². The number of nitrogens with zero attached hydrogens (tertiary/aromatic N) is 4. The Morgan fingerprint density at radius 2 is 0.750 bits per heavy atom. The second-order valence-electron chi connectivity index (χ2n) is 16.7. The molecule has 314 valence electrons. The summed E-state index contributed by atoms with van der Waals surface area (Å²) in [5.41, 5.74) is 2.60. The molecule has 2 aromatic rings. The van der Waals surface area contributed by atoms with Crippen molar-refractivity contribution in [3.63, 3.8) is 0 Å². The average molecular weight is 779 g/mol. The second-order valence-corrected chi connectivity index (χ2v) is 16.7. The van der Waals surface area contributed by atoms with E-state index in [0.717, 1.165) is 153 Å². The lowest BCUT2D eigenvalue weighted by Gasteiger charge is -2.33. The van der Waals surface area contributed by atoms with Gasteiger partial charge < -0.3 is 59.8 Å². The van der Waals surface area contributed by atoms with E-state index in [4.69, 9.17) is 18.9 Å². The van der Waals surface area contributed by atoms with Crippen LogP contribution in [0.3, 0.4) is 0 Å². The fraction of sp³-hybridized carbons (Fsp3) is 0.727. The minimum atomic E-state index is 0.495. The maximum atomic E-state index is 6.50. The van der Waals surface area contributed by atoms with Gasteiger partial charge in [-0.3, -0.25) is 0 Å². The molecule has 0 amide bonds. The topological polar surface area (TPSA) is 98.0 Å². The van der Waals surface area contributed by atoms with Crippen molar-refractivity contribution >= 4 is 0 Å². The van der Waals surface area contributed by atoms with Crippen LogP contribution < -0.4 is 40.2 Å². The van der Waals surface area contributed by atoms with Gasteiger partial charge in [-0.2, -0.15) is 0 Å². The van der Waals surface area contributed by atoms with Crippen molar-refractivity contribution in [3.05, 3.63) is 47.5 Å². The molecule has 12 nitrogen and oxygen atoms in total. The van der Waals surface area contributed by atoms with Crippen molar-refractivity contribution in [3.8, 4) is 23.0 Å². The second kappa shape index (κ2) is 23.0. The van der Waals surface area contributed by atoms with Gasteiger partial charge in [0.1, 0.15) is 0 Å². The van der Waals surface area contributed by atoms with Gasteiger partial charge in [0.05, 0.1) is 26.4 Å². The summed E-state index contributed by atoms with van der Waals surface area (Å²) in [4.78, 5) is 9.77. The van der Waals surface area contributed by atoms with Crippen molar-refractivity contribution in [2.45, 2.75) is 75.5 Å². The van der Waals surface area contributed by atoms with Gasteiger partial charge in [0.25, 0.3) is 0 Å². The molecule has 4 atom stereocenters. The number of aryl methyl sites for hydroxylation is 2. The zero-order valence-corrected chi connectivity index (χ0v) is 35.2. The molecule has 0 bridgehead atoms. The molecular weight excluding hydrogens is 705 g/mol. The van der Waals surface area contributed by atoms with Crippen LogP contribution in [-0.2, 0) is 12.8 Å². The molecule has 2 aromatic carbocycles. The zero-order valence-electron chi connectivity index (χ0n) is 35.2. The van der Waals surface area contributed by atoms with E-state index in [0.29, 0.717) is 50.6 Å². The van der Waals surface area contributed by atoms with Gasteiger partial charge in [0.15, 0.2) is 23.0 Å². The van der Waals surface area contributed by atoms with Crippen LogP contribution in [0.4, 0.5) is 0 Å². The van der Waals surface area contributed by atoms with Crippen molar-refractivity contribution in [2.75, 3.05) is 133 Å². The van der Waals surface area contributed by atoms with Crippen LogP contribution >= 0.6 is 0 Å². The van der Waals surface area contributed by atoms with E-state index in [1.807, 2.05) is 0 Å². The van der Waals surface area contributed by atoms with Crippen molar-refractivity contribution in [2.24, 2.45) is 0 Å². The van der Waals surface area contributed by atoms with Gasteiger partial charge in [0.2, 0.25) is 0 Å². The lowest BCUT2D eigenvalue weighted by atomic mass is 10.0. The number of rotatable bonds is 21. The minimum Gasteiger partial charge on any atom is -0.490 e. The van der Waals surface area contributed by atoms with Crippen LogP contribution in [0.2, 0.25) is 0 Å². The van der Waals surface area contributed by atoms with Crippen LogP contribution in [0.5, 0.6) is 23.0 Å². The van der Waals surface area contributed by atoms with Crippen LogP contribution in [-0.4, -0.2) is 177 Å². The maximum absolute atomic E-state index is 6.50. The molecule has 4 unspecified atom stereocenters. The summed E-state index contributed by atoms with van der Waals surface area (Å²) < 4.78 is 25.8. The maximum Gasteiger partial charge on any atom is 0.161 e. The number of nitrogens with one attached hydrogen (secondary N) is 4. The van der Waals surface area contributed by atoms with E-state index in [1.165, 1.54) is 11.1 Å². The van der Waals surface area contributed by atoms with Crippen molar-refractivity contribution in [1.29, 1.82) is 0 Å². The molecule has 4 aliphatic heterocycles. The Balaban J connectivity index is 1.02. The summed E-state index contributed by atoms with van der Waals surface area (Å²) in [6.07, 6.45) is 8.17. The molecule has 0 aliphatic carbocycles. The molecule has 0 saturated carbocycles. The Morgan fingerprint density at radius 1 is 0.446 bits per heavy atom. The normalized spacial score (nSPS) is 24.6. The molecule has 12 heteroatoms. The first-order valence-electron chi connectivity index (χ1n) is 21.8. The summed E-state index contributed by atoms with van der Waals surface area (Å²) in [7, 11) is 8.88. The number of hydrogen-bond donors (Lipinski definition) is 4. The molecule has 4 heterocycles. The standard InChI is InChI=1S/C44H74N8O4/c1-49-21-17-45-31-37(49)13-25-53-41-11-9-35(29-43(41)55-27-15-39-33-47-19-23-51(39)3)7-5-6-8-36-10-12-42(54-26-14-38-32-46-18-22-50(38)2)44(30-36)56-28-16-40-34-48-20-24-52(40)4/h9-12,29-30,37-40,45-48H,5-8,13-28,31-34H2,1-4H3. The van der Waals surface area contributed by atoms with Gasteiger partial charge in [-0.25, -0.2) is 0 Å². The summed E-state index contributed by atoms with van der Waals surface area (Å²) in [6.45, 7) is 15.4. The third-order valence-electron chi connectivity index (χ3n) is 12.6. The quantitative estimate of drug-likeness (QED) is 0.141. The molecule has 4 fully saturated rings. The van der Waals surface area contributed by atoms with E-state index < -0.39 is 0 Å². The fourth-order valence-electron chi connectivity index (χ4n) is 8.50. The molecule has 6 rings (SSSR count). The Labute approximate surface area is 338 Å². The van der Waals surface area contributed by atoms with Crippen molar-refractivity contribution < 1.29 is 18.9 Å². The largest absolute Gasteiger partial charge is 0.490 e. The molecule has 4 N–H and O–H groups in total. The summed E-state index contributed by atoms with van der Waals surface area (Å²) in [6, 6.07) is 15.2. The molecule has 4 aliphatic rings. The lowest BCUT2D eigenvalue weighted by Crippen LogP contribution is -2.49. The van der Waals surface area contributed by atoms with E-state index in [1.54, 1.807) is 0 Å². The Bertz CT molecular complexity index is 1330. The number of piperazine rings is 4. The first-order valence-corrected chi connectivity index (χ1v) is 21.8. The first kappa shape index (κ1) is 42.9. The van der Waals surface area contributed by atoms with Crippen molar-refractivity contribution in [1.82, 2.24) is 40.9 Å². The smallest absolute Gasteiger partial charge is 0.161 e. The number of unbranched alkanes of at least 4 members (excludes halogenated alkanes) is 1. The van der Waals surface area contributed by atoms with E-state index >= 15 is 0 Å². The van der Waals surface area contributed by atoms with Gasteiger partial charge in [-0.05, 0) is 115 Å². The molecule has 4 saturated heterocycles. The summed E-state index contributed by atoms with van der Waals surface area (Å²) in [5.74, 6) is 3.48. The molecule has 0 aromatic heterocycles. The fourth-order valence-corrected chi connectivity index (χ4v) is 8.50. The summed E-state index contributed by atoms with van der Waals surface area (Å²) in [5, 5.41) is 14.1. The third kappa shape index (κ3) is 13.4. The number of likely N-dealkylation sites (N-methyl/N-ethyl adjacent to an activating group) is 4. The van der Waals surface area contributed by atoms with Gasteiger partial charge >= 0.3 is 0 Å². The summed E-state index contributed by atoms with van der Waals surface area (Å²) >= 11 is 0. The van der Waals surface area contributed by atoms with Crippen LogP contribution in [0, 0.1) is 0 Å². The van der Waals surface area contributed by atoms with Crippen LogP contribution in [0.1, 0.15) is 49.7 Å². The first-order chi connectivity index (χ1) is 27.4. The SMILES string of the molecule is CN1CCNCC1CCOc1ccc(CCCCc2ccc(OCCC3CNCCN3C)c(OCCC3CNCCN3C)c2)cc1OCCC1CNCCN1C. The van der Waals surface area contributed by atoms with Gasteiger partial charge in [0, 0.05) is 103 Å². The highest BCUT2D eigenvalue weighted by atomic mass is 16.5. The Kier molecular flexibility index (Phi) is 17.7. The predicted octanol–water partition coefficient (Wildman–Crippen LogP) is 2.94. The van der Waals surface area contributed by atoms with Crippen LogP contribution in [0.25, 0.3) is 0 Å². The lowest BCUT2D eigenvalue weighted by molar-refractivity contribution is 0.155. The molecule has 0 radical (unpaired) electrons. The predicted molar refractivity (Wildman–Crippen MR) is 227 cm³/mol. The third-order valence-corrected chi connectivity index (χ3v) is 12.6. The van der Waals surface area contributed by atoms with E-state index in [9.17, 15) is 0 Å². The van der Waals surface area contributed by atoms with Gasteiger partial charge in [-0.15, -0.1) is 0 Å².